The second-order valence-electron chi connectivity index (χ2n) is 11.2. The number of carbonyl (C=O) groups is 2. The highest BCUT2D eigenvalue weighted by molar-refractivity contribution is 6.33. The van der Waals surface area contributed by atoms with E-state index in [1.165, 1.54) is 0 Å². The van der Waals surface area contributed by atoms with Gasteiger partial charge in [-0.25, -0.2) is 13.6 Å². The molecule has 0 saturated carbocycles. The summed E-state index contributed by atoms with van der Waals surface area (Å²) in [6.45, 7) is 2.15. The van der Waals surface area contributed by atoms with Crippen molar-refractivity contribution in [1.82, 2.24) is 10.3 Å². The molecule has 0 bridgehead atoms. The first kappa shape index (κ1) is 33.1. The minimum Gasteiger partial charge on any atom is -0.480 e. The smallest absolute Gasteiger partial charge is 0.408 e. The number of benzene rings is 3. The quantitative estimate of drug-likeness (QED) is 0.162. The van der Waals surface area contributed by atoms with Crippen molar-refractivity contribution in [3.8, 4) is 11.1 Å². The number of fused-ring (bicyclic) bond motifs is 1. The molecule has 46 heavy (non-hydrogen) atoms. The van der Waals surface area contributed by atoms with Gasteiger partial charge in [0, 0.05) is 53.1 Å². The molecule has 13 heteroatoms. The van der Waals surface area contributed by atoms with Crippen molar-refractivity contribution in [3.05, 3.63) is 94.1 Å². The van der Waals surface area contributed by atoms with Crippen molar-refractivity contribution < 1.29 is 41.4 Å². The molecule has 1 aliphatic heterocycles. The normalized spacial score (nSPS) is 15.4. The van der Waals surface area contributed by atoms with Gasteiger partial charge < -0.3 is 20.5 Å². The summed E-state index contributed by atoms with van der Waals surface area (Å²) >= 11 is 6.49. The van der Waals surface area contributed by atoms with Crippen LogP contribution in [0.1, 0.15) is 34.3 Å². The average Bonchev–Trinajstić information content (AvgIpc) is 2.99. The molecule has 1 aromatic heterocycles. The van der Waals surface area contributed by atoms with Gasteiger partial charge in [-0.1, -0.05) is 41.9 Å². The number of rotatable bonds is 9. The maximum atomic E-state index is 15.1. The highest BCUT2D eigenvalue weighted by Crippen LogP contribution is 2.36. The van der Waals surface area contributed by atoms with Crippen LogP contribution in [0.15, 0.2) is 60.8 Å². The number of halogens is 6. The Bertz CT molecular complexity index is 1760. The summed E-state index contributed by atoms with van der Waals surface area (Å²) in [7, 11) is 0. The van der Waals surface area contributed by atoms with Crippen molar-refractivity contribution >= 4 is 40.1 Å². The highest BCUT2D eigenvalue weighted by atomic mass is 35.5. The minimum absolute atomic E-state index is 0.104. The second kappa shape index (κ2) is 13.6. The van der Waals surface area contributed by atoms with Gasteiger partial charge in [0.15, 0.2) is 0 Å². The predicted octanol–water partition coefficient (Wildman–Crippen LogP) is 7.34. The summed E-state index contributed by atoms with van der Waals surface area (Å²) in [4.78, 5) is 29.7. The summed E-state index contributed by atoms with van der Waals surface area (Å²) in [6.07, 6.45) is -3.21. The summed E-state index contributed by atoms with van der Waals surface area (Å²) in [5.41, 5.74) is 1.74. The number of carbonyl (C=O) groups excluding carboxylic acids is 1. The molecule has 1 fully saturated rings. The maximum Gasteiger partial charge on any atom is 0.408 e. The Morgan fingerprint density at radius 1 is 1.04 bits per heavy atom. The van der Waals surface area contributed by atoms with Crippen LogP contribution in [-0.2, 0) is 16.0 Å². The molecule has 1 amide bonds. The molecule has 242 valence electrons. The number of aliphatic carboxylic acids is 1. The number of aromatic nitrogens is 1. The number of hydrogen-bond donors (Lipinski definition) is 3. The van der Waals surface area contributed by atoms with E-state index >= 15 is 8.78 Å². The molecule has 1 aliphatic rings. The summed E-state index contributed by atoms with van der Waals surface area (Å²) in [5.74, 6) is -6.64. The molecular weight excluding hydrogens is 633 g/mol. The molecule has 1 unspecified atom stereocenters. The Morgan fingerprint density at radius 2 is 1.72 bits per heavy atom. The third kappa shape index (κ3) is 7.23. The van der Waals surface area contributed by atoms with Gasteiger partial charge in [0.2, 0.25) is 0 Å². The van der Waals surface area contributed by atoms with Crippen LogP contribution in [0.4, 0.5) is 27.6 Å². The van der Waals surface area contributed by atoms with Crippen LogP contribution in [0.3, 0.4) is 0 Å². The zero-order valence-corrected chi connectivity index (χ0v) is 25.2. The number of carboxylic acids is 1. The van der Waals surface area contributed by atoms with Gasteiger partial charge in [-0.3, -0.25) is 9.78 Å². The zero-order chi connectivity index (χ0) is 33.2. The standard InChI is InChI=1S/C33H29ClF5N3O4/c1-17-4-6-22(24(34)13-17)23-7-5-19(21-3-2-10-40-29(21)23)14-27(32(44)45)42-31(43)28-25(35)15-20(16-26(28)36)41-30(33(37,38)39)18-8-11-46-12-9-18/h2-7,10,13,15-16,18,27,30,41H,8-9,11-12,14H2,1H3,(H,42,43)(H,44,45)/t27-,30?/m0/s1. The van der Waals surface area contributed by atoms with Gasteiger partial charge in [-0.05, 0) is 61.1 Å². The first-order chi connectivity index (χ1) is 21.8. The fourth-order valence-electron chi connectivity index (χ4n) is 5.69. The number of nitrogens with zero attached hydrogens (tertiary/aromatic N) is 1. The largest absolute Gasteiger partial charge is 0.480 e. The van der Waals surface area contributed by atoms with Crippen molar-refractivity contribution in [2.24, 2.45) is 5.92 Å². The monoisotopic (exact) mass is 661 g/mol. The Kier molecular flexibility index (Phi) is 9.78. The van der Waals surface area contributed by atoms with Crippen molar-refractivity contribution in [2.45, 2.75) is 44.4 Å². The molecule has 0 radical (unpaired) electrons. The summed E-state index contributed by atoms with van der Waals surface area (Å²) < 4.78 is 76.7. The van der Waals surface area contributed by atoms with E-state index in [1.807, 2.05) is 19.1 Å². The maximum absolute atomic E-state index is 15.1. The molecule has 0 spiro atoms. The van der Waals surface area contributed by atoms with Crippen LogP contribution in [0, 0.1) is 24.5 Å². The van der Waals surface area contributed by atoms with Crippen LogP contribution in [0.25, 0.3) is 22.0 Å². The van der Waals surface area contributed by atoms with Crippen molar-refractivity contribution in [3.63, 3.8) is 0 Å². The topological polar surface area (TPSA) is 101 Å². The van der Waals surface area contributed by atoms with Crippen LogP contribution in [0.5, 0.6) is 0 Å². The molecule has 2 heterocycles. The third-order valence-electron chi connectivity index (χ3n) is 7.98. The number of hydrogen-bond acceptors (Lipinski definition) is 5. The van der Waals surface area contributed by atoms with Gasteiger partial charge in [0.05, 0.1) is 5.52 Å². The van der Waals surface area contributed by atoms with Gasteiger partial charge in [-0.15, -0.1) is 0 Å². The van der Waals surface area contributed by atoms with Gasteiger partial charge in [0.25, 0.3) is 5.91 Å². The molecular formula is C33H29ClF5N3O4. The Hall–Kier alpha value is -4.29. The number of aryl methyl sites for hydroxylation is 1. The second-order valence-corrected chi connectivity index (χ2v) is 11.6. The SMILES string of the molecule is Cc1ccc(-c2ccc(C[C@H](NC(=O)c3c(F)cc(NC(C4CCOCC4)C(F)(F)F)cc3F)C(=O)O)c3cccnc23)c(Cl)c1. The highest BCUT2D eigenvalue weighted by Gasteiger charge is 2.45. The van der Waals surface area contributed by atoms with E-state index in [0.717, 1.165) is 5.56 Å². The molecule has 2 atom stereocenters. The van der Waals surface area contributed by atoms with E-state index in [4.69, 9.17) is 16.3 Å². The molecule has 0 aliphatic carbocycles. The fourth-order valence-corrected chi connectivity index (χ4v) is 6.02. The van der Waals surface area contributed by atoms with Crippen molar-refractivity contribution in [1.29, 1.82) is 0 Å². The van der Waals surface area contributed by atoms with Crippen LogP contribution < -0.4 is 10.6 Å². The van der Waals surface area contributed by atoms with E-state index in [9.17, 15) is 27.9 Å². The van der Waals surface area contributed by atoms with Crippen LogP contribution in [0.2, 0.25) is 5.02 Å². The third-order valence-corrected chi connectivity index (χ3v) is 8.30. The lowest BCUT2D eigenvalue weighted by molar-refractivity contribution is -0.159. The van der Waals surface area contributed by atoms with E-state index in [1.54, 1.807) is 36.5 Å². The average molecular weight is 662 g/mol. The number of nitrogens with one attached hydrogen (secondary N) is 2. The number of alkyl halides is 3. The molecule has 5 rings (SSSR count). The molecule has 1 saturated heterocycles. The summed E-state index contributed by atoms with van der Waals surface area (Å²) in [6, 6.07) is 9.76. The molecule has 3 N–H and O–H groups in total. The predicted molar refractivity (Wildman–Crippen MR) is 163 cm³/mol. The fraction of sp³-hybridized carbons (Fsp3) is 0.303. The lowest BCUT2D eigenvalue weighted by atomic mass is 9.91. The van der Waals surface area contributed by atoms with Crippen molar-refractivity contribution in [2.75, 3.05) is 18.5 Å². The number of carboxylic acid groups (broad SMARTS) is 1. The Morgan fingerprint density at radius 3 is 2.35 bits per heavy atom. The number of pyridine rings is 1. The number of ether oxygens (including phenoxy) is 1. The number of anilines is 1. The zero-order valence-electron chi connectivity index (χ0n) is 24.4. The van der Waals surface area contributed by atoms with E-state index in [-0.39, 0.29) is 32.5 Å². The number of amides is 1. The first-order valence-electron chi connectivity index (χ1n) is 14.4. The van der Waals surface area contributed by atoms with E-state index < -0.39 is 58.9 Å². The van der Waals surface area contributed by atoms with E-state index in [0.29, 0.717) is 44.7 Å². The first-order valence-corrected chi connectivity index (χ1v) is 14.8. The van der Waals surface area contributed by atoms with Crippen LogP contribution >= 0.6 is 11.6 Å². The Balaban J connectivity index is 1.38. The lowest BCUT2D eigenvalue weighted by Crippen LogP contribution is -2.44. The Labute approximate surface area is 265 Å². The molecule has 4 aromatic rings. The van der Waals surface area contributed by atoms with Gasteiger partial charge in [-0.2, -0.15) is 13.2 Å². The van der Waals surface area contributed by atoms with Gasteiger partial charge >= 0.3 is 12.1 Å². The molecule has 7 nitrogen and oxygen atoms in total. The van der Waals surface area contributed by atoms with Gasteiger partial charge in [0.1, 0.15) is 29.3 Å². The lowest BCUT2D eigenvalue weighted by Gasteiger charge is -2.33. The minimum atomic E-state index is -4.72. The summed E-state index contributed by atoms with van der Waals surface area (Å²) in [5, 5.41) is 15.3. The van der Waals surface area contributed by atoms with E-state index in [2.05, 4.69) is 15.6 Å². The van der Waals surface area contributed by atoms with Crippen LogP contribution in [-0.4, -0.2) is 53.4 Å². The molecule has 3 aromatic carbocycles.